The SMILES string of the molecule is CC(C)Oc1ccc(/C=C2/SC(=S)NC2=O)cc1. The molecule has 1 fully saturated rings. The predicted octanol–water partition coefficient (Wildman–Crippen LogP) is 2.96. The Morgan fingerprint density at radius 2 is 2.00 bits per heavy atom. The van der Waals surface area contributed by atoms with Gasteiger partial charge in [-0.05, 0) is 37.6 Å². The van der Waals surface area contributed by atoms with Gasteiger partial charge in [0.05, 0.1) is 11.0 Å². The zero-order valence-corrected chi connectivity index (χ0v) is 11.7. The van der Waals surface area contributed by atoms with Gasteiger partial charge in [-0.25, -0.2) is 0 Å². The average molecular weight is 279 g/mol. The lowest BCUT2D eigenvalue weighted by atomic mass is 10.2. The molecular weight excluding hydrogens is 266 g/mol. The van der Waals surface area contributed by atoms with E-state index in [1.165, 1.54) is 11.8 Å². The van der Waals surface area contributed by atoms with Crippen LogP contribution in [-0.4, -0.2) is 16.3 Å². The van der Waals surface area contributed by atoms with E-state index in [-0.39, 0.29) is 12.0 Å². The third kappa shape index (κ3) is 3.34. The van der Waals surface area contributed by atoms with Crippen molar-refractivity contribution in [2.45, 2.75) is 20.0 Å². The molecule has 5 heteroatoms. The van der Waals surface area contributed by atoms with Gasteiger partial charge in [0, 0.05) is 0 Å². The number of amides is 1. The maximum Gasteiger partial charge on any atom is 0.263 e. The molecule has 1 aromatic rings. The average Bonchev–Trinajstić information content (AvgIpc) is 2.59. The Bertz CT molecular complexity index is 506. The van der Waals surface area contributed by atoms with Gasteiger partial charge >= 0.3 is 0 Å². The van der Waals surface area contributed by atoms with E-state index in [2.05, 4.69) is 5.32 Å². The van der Waals surface area contributed by atoms with Crippen LogP contribution in [0, 0.1) is 0 Å². The molecule has 0 atom stereocenters. The molecule has 94 valence electrons. The van der Waals surface area contributed by atoms with E-state index in [4.69, 9.17) is 17.0 Å². The number of thioether (sulfide) groups is 1. The minimum atomic E-state index is -0.132. The Labute approximate surface area is 116 Å². The van der Waals surface area contributed by atoms with Crippen molar-refractivity contribution in [3.8, 4) is 5.75 Å². The van der Waals surface area contributed by atoms with E-state index in [9.17, 15) is 4.79 Å². The Hall–Kier alpha value is -1.33. The van der Waals surface area contributed by atoms with Gasteiger partial charge in [0.2, 0.25) is 0 Å². The number of hydrogen-bond acceptors (Lipinski definition) is 4. The van der Waals surface area contributed by atoms with Crippen LogP contribution in [0.2, 0.25) is 0 Å². The van der Waals surface area contributed by atoms with Gasteiger partial charge < -0.3 is 10.1 Å². The molecule has 18 heavy (non-hydrogen) atoms. The van der Waals surface area contributed by atoms with Crippen LogP contribution in [0.3, 0.4) is 0 Å². The van der Waals surface area contributed by atoms with Gasteiger partial charge in [-0.15, -0.1) is 0 Å². The lowest BCUT2D eigenvalue weighted by Crippen LogP contribution is -2.17. The number of rotatable bonds is 3. The van der Waals surface area contributed by atoms with Gasteiger partial charge in [-0.3, -0.25) is 4.79 Å². The fraction of sp³-hybridized carbons (Fsp3) is 0.231. The molecule has 1 aliphatic rings. The molecule has 2 rings (SSSR count). The van der Waals surface area contributed by atoms with Crippen molar-refractivity contribution < 1.29 is 9.53 Å². The first-order chi connectivity index (χ1) is 8.54. The van der Waals surface area contributed by atoms with E-state index >= 15 is 0 Å². The molecule has 3 nitrogen and oxygen atoms in total. The van der Waals surface area contributed by atoms with Crippen molar-refractivity contribution in [2.75, 3.05) is 0 Å². The third-order valence-electron chi connectivity index (χ3n) is 2.19. The number of carbonyl (C=O) groups is 1. The number of hydrogen-bond donors (Lipinski definition) is 1. The molecule has 0 bridgehead atoms. The number of carbonyl (C=O) groups excluding carboxylic acids is 1. The van der Waals surface area contributed by atoms with Crippen molar-refractivity contribution in [3.05, 3.63) is 34.7 Å². The van der Waals surface area contributed by atoms with Crippen LogP contribution in [0.15, 0.2) is 29.2 Å². The minimum absolute atomic E-state index is 0.132. The monoisotopic (exact) mass is 279 g/mol. The maximum absolute atomic E-state index is 11.5. The molecular formula is C13H13NO2S2. The Kier molecular flexibility index (Phi) is 4.04. The second-order valence-corrected chi connectivity index (χ2v) is 5.81. The number of thiocarbonyl (C=S) groups is 1. The number of benzene rings is 1. The van der Waals surface area contributed by atoms with Crippen LogP contribution < -0.4 is 10.1 Å². The van der Waals surface area contributed by atoms with Crippen LogP contribution in [0.25, 0.3) is 6.08 Å². The van der Waals surface area contributed by atoms with E-state index in [1.54, 1.807) is 0 Å². The second kappa shape index (κ2) is 5.54. The second-order valence-electron chi connectivity index (χ2n) is 4.09. The van der Waals surface area contributed by atoms with Crippen LogP contribution in [0.1, 0.15) is 19.4 Å². The van der Waals surface area contributed by atoms with Crippen LogP contribution >= 0.6 is 24.0 Å². The standard InChI is InChI=1S/C13H13NO2S2/c1-8(2)16-10-5-3-9(4-6-10)7-11-12(15)14-13(17)18-11/h3-8H,1-2H3,(H,14,15,17)/b11-7+. The topological polar surface area (TPSA) is 38.3 Å². The Morgan fingerprint density at radius 3 is 2.50 bits per heavy atom. The first-order valence-corrected chi connectivity index (χ1v) is 6.78. The minimum Gasteiger partial charge on any atom is -0.491 e. The highest BCUT2D eigenvalue weighted by Crippen LogP contribution is 2.26. The summed E-state index contributed by atoms with van der Waals surface area (Å²) in [5.41, 5.74) is 0.952. The molecule has 0 saturated carbocycles. The van der Waals surface area contributed by atoms with Crippen molar-refractivity contribution in [2.24, 2.45) is 0 Å². The van der Waals surface area contributed by atoms with E-state index in [0.29, 0.717) is 9.23 Å². The van der Waals surface area contributed by atoms with E-state index in [1.807, 2.05) is 44.2 Å². The van der Waals surface area contributed by atoms with E-state index < -0.39 is 0 Å². The molecule has 0 aromatic heterocycles. The first-order valence-electron chi connectivity index (χ1n) is 5.56. The maximum atomic E-state index is 11.5. The summed E-state index contributed by atoms with van der Waals surface area (Å²) in [5, 5.41) is 2.59. The van der Waals surface area contributed by atoms with Crippen LogP contribution in [0.4, 0.5) is 0 Å². The Balaban J connectivity index is 2.13. The molecule has 1 aliphatic heterocycles. The normalized spacial score (nSPS) is 17.4. The highest BCUT2D eigenvalue weighted by molar-refractivity contribution is 8.26. The van der Waals surface area contributed by atoms with Gasteiger partial charge in [-0.1, -0.05) is 36.1 Å². The summed E-state index contributed by atoms with van der Waals surface area (Å²) in [4.78, 5) is 12.1. The summed E-state index contributed by atoms with van der Waals surface area (Å²) in [6.45, 7) is 3.96. The lowest BCUT2D eigenvalue weighted by Gasteiger charge is -2.09. The summed E-state index contributed by atoms with van der Waals surface area (Å²) in [6.07, 6.45) is 1.97. The quantitative estimate of drug-likeness (QED) is 0.682. The van der Waals surface area contributed by atoms with E-state index in [0.717, 1.165) is 11.3 Å². The van der Waals surface area contributed by atoms with Crippen LogP contribution in [-0.2, 0) is 4.79 Å². The number of ether oxygens (including phenoxy) is 1. The highest BCUT2D eigenvalue weighted by atomic mass is 32.2. The van der Waals surface area contributed by atoms with Crippen molar-refractivity contribution in [3.63, 3.8) is 0 Å². The molecule has 0 unspecified atom stereocenters. The zero-order valence-electron chi connectivity index (χ0n) is 10.1. The summed E-state index contributed by atoms with van der Waals surface area (Å²) in [5.74, 6) is 0.693. The number of nitrogens with one attached hydrogen (secondary N) is 1. The molecule has 0 spiro atoms. The van der Waals surface area contributed by atoms with Crippen molar-refractivity contribution in [1.29, 1.82) is 0 Å². The molecule has 1 heterocycles. The summed E-state index contributed by atoms with van der Waals surface area (Å²) in [7, 11) is 0. The van der Waals surface area contributed by atoms with Gasteiger partial charge in [-0.2, -0.15) is 0 Å². The highest BCUT2D eigenvalue weighted by Gasteiger charge is 2.21. The van der Waals surface area contributed by atoms with Gasteiger partial charge in [0.15, 0.2) is 0 Å². The van der Waals surface area contributed by atoms with Gasteiger partial charge in [0.1, 0.15) is 10.1 Å². The zero-order chi connectivity index (χ0) is 13.1. The van der Waals surface area contributed by atoms with Gasteiger partial charge in [0.25, 0.3) is 5.91 Å². The predicted molar refractivity (Wildman–Crippen MR) is 78.5 cm³/mol. The molecule has 1 saturated heterocycles. The molecule has 1 N–H and O–H groups in total. The summed E-state index contributed by atoms with van der Waals surface area (Å²) >= 11 is 6.21. The first kappa shape index (κ1) is 13.1. The largest absolute Gasteiger partial charge is 0.491 e. The fourth-order valence-electron chi connectivity index (χ4n) is 1.49. The Morgan fingerprint density at radius 1 is 1.33 bits per heavy atom. The fourth-order valence-corrected chi connectivity index (χ4v) is 2.53. The molecule has 0 aliphatic carbocycles. The third-order valence-corrected chi connectivity index (χ3v) is 3.35. The summed E-state index contributed by atoms with van der Waals surface area (Å²) < 4.78 is 6.06. The smallest absolute Gasteiger partial charge is 0.263 e. The molecule has 1 amide bonds. The lowest BCUT2D eigenvalue weighted by molar-refractivity contribution is -0.115. The molecule has 0 radical (unpaired) electrons. The van der Waals surface area contributed by atoms with Crippen molar-refractivity contribution >= 4 is 40.3 Å². The van der Waals surface area contributed by atoms with Crippen LogP contribution in [0.5, 0.6) is 5.75 Å². The van der Waals surface area contributed by atoms with Crippen molar-refractivity contribution in [1.82, 2.24) is 5.32 Å². The molecule has 1 aromatic carbocycles. The summed E-state index contributed by atoms with van der Waals surface area (Å²) in [6, 6.07) is 7.62.